The third-order valence-corrected chi connectivity index (χ3v) is 1.47. The molecule has 0 aliphatic rings. The number of nitrogens with zero attached hydrogens (tertiary/aromatic N) is 1. The molecule has 1 N–H and O–H groups in total. The van der Waals surface area contributed by atoms with Gasteiger partial charge in [-0.3, -0.25) is 0 Å². The van der Waals surface area contributed by atoms with Crippen molar-refractivity contribution in [1.29, 1.82) is 0 Å². The minimum atomic E-state index is 0.596. The second kappa shape index (κ2) is 4.34. The maximum atomic E-state index is 8.35. The standard InChI is InChI=1S/C10H11NO/c1-9(11-12)7-8-10-5-3-2-4-6-10/h2-8,12H,1H3/b8-7-,11-9?. The second-order valence-corrected chi connectivity index (χ2v) is 2.49. The topological polar surface area (TPSA) is 32.6 Å². The summed E-state index contributed by atoms with van der Waals surface area (Å²) in [7, 11) is 0. The van der Waals surface area contributed by atoms with Crippen molar-refractivity contribution < 1.29 is 5.21 Å². The highest BCUT2D eigenvalue weighted by Gasteiger charge is 1.84. The molecule has 2 nitrogen and oxygen atoms in total. The van der Waals surface area contributed by atoms with Crippen molar-refractivity contribution in [3.63, 3.8) is 0 Å². The number of benzene rings is 1. The van der Waals surface area contributed by atoms with E-state index in [1.807, 2.05) is 36.4 Å². The average Bonchev–Trinajstić information content (AvgIpc) is 2.16. The minimum Gasteiger partial charge on any atom is -0.411 e. The van der Waals surface area contributed by atoms with Crippen LogP contribution in [0, 0.1) is 0 Å². The lowest BCUT2D eigenvalue weighted by molar-refractivity contribution is 0.319. The summed E-state index contributed by atoms with van der Waals surface area (Å²) in [5.74, 6) is 0. The van der Waals surface area contributed by atoms with E-state index in [1.54, 1.807) is 13.0 Å². The monoisotopic (exact) mass is 161 g/mol. The SMILES string of the molecule is CC(/C=C\c1ccccc1)=NO. The van der Waals surface area contributed by atoms with Crippen molar-refractivity contribution >= 4 is 11.8 Å². The largest absolute Gasteiger partial charge is 0.411 e. The zero-order valence-electron chi connectivity index (χ0n) is 6.94. The lowest BCUT2D eigenvalue weighted by Crippen LogP contribution is -1.82. The first kappa shape index (κ1) is 8.53. The van der Waals surface area contributed by atoms with Gasteiger partial charge < -0.3 is 5.21 Å². The van der Waals surface area contributed by atoms with Gasteiger partial charge in [0.15, 0.2) is 0 Å². The molecule has 0 aliphatic heterocycles. The Kier molecular flexibility index (Phi) is 3.08. The number of oxime groups is 1. The van der Waals surface area contributed by atoms with Crippen molar-refractivity contribution in [1.82, 2.24) is 0 Å². The van der Waals surface area contributed by atoms with Crippen LogP contribution in [0.15, 0.2) is 41.6 Å². The summed E-state index contributed by atoms with van der Waals surface area (Å²) < 4.78 is 0. The number of rotatable bonds is 2. The van der Waals surface area contributed by atoms with Gasteiger partial charge >= 0.3 is 0 Å². The molecule has 0 bridgehead atoms. The summed E-state index contributed by atoms with van der Waals surface area (Å²) in [4.78, 5) is 0. The number of hydrogen-bond acceptors (Lipinski definition) is 2. The highest BCUT2D eigenvalue weighted by atomic mass is 16.4. The molecule has 0 aromatic heterocycles. The van der Waals surface area contributed by atoms with Gasteiger partial charge in [0.25, 0.3) is 0 Å². The Labute approximate surface area is 71.8 Å². The molecule has 0 fully saturated rings. The summed E-state index contributed by atoms with van der Waals surface area (Å²) in [5, 5.41) is 11.4. The molecule has 0 aliphatic carbocycles. The summed E-state index contributed by atoms with van der Waals surface area (Å²) in [6.45, 7) is 1.74. The fourth-order valence-electron chi connectivity index (χ4n) is 0.814. The Balaban J connectivity index is 2.70. The summed E-state index contributed by atoms with van der Waals surface area (Å²) in [5.41, 5.74) is 1.69. The highest BCUT2D eigenvalue weighted by molar-refractivity contribution is 5.95. The minimum absolute atomic E-state index is 0.596. The lowest BCUT2D eigenvalue weighted by atomic mass is 10.2. The van der Waals surface area contributed by atoms with Gasteiger partial charge in [-0.15, -0.1) is 0 Å². The zero-order chi connectivity index (χ0) is 8.81. The molecule has 0 radical (unpaired) electrons. The van der Waals surface area contributed by atoms with Crippen LogP contribution in [0.1, 0.15) is 12.5 Å². The van der Waals surface area contributed by atoms with E-state index in [2.05, 4.69) is 5.16 Å². The van der Waals surface area contributed by atoms with Crippen molar-refractivity contribution in [3.05, 3.63) is 42.0 Å². The van der Waals surface area contributed by atoms with E-state index >= 15 is 0 Å². The second-order valence-electron chi connectivity index (χ2n) is 2.49. The fourth-order valence-corrected chi connectivity index (χ4v) is 0.814. The van der Waals surface area contributed by atoms with E-state index in [9.17, 15) is 0 Å². The summed E-state index contributed by atoms with van der Waals surface area (Å²) in [6.07, 6.45) is 3.66. The van der Waals surface area contributed by atoms with E-state index < -0.39 is 0 Å². The van der Waals surface area contributed by atoms with Crippen LogP contribution in [-0.2, 0) is 0 Å². The van der Waals surface area contributed by atoms with Gasteiger partial charge in [-0.2, -0.15) is 0 Å². The molecule has 12 heavy (non-hydrogen) atoms. The van der Waals surface area contributed by atoms with E-state index in [1.165, 1.54) is 0 Å². The Hall–Kier alpha value is -1.57. The molecule has 1 rings (SSSR count). The normalized spacial score (nSPS) is 12.2. The van der Waals surface area contributed by atoms with Gasteiger partial charge in [0.2, 0.25) is 0 Å². The predicted octanol–water partition coefficient (Wildman–Crippen LogP) is 2.55. The first-order valence-electron chi connectivity index (χ1n) is 3.74. The molecule has 1 aromatic rings. The maximum Gasteiger partial charge on any atom is 0.0765 e. The molecule has 62 valence electrons. The molecule has 0 saturated heterocycles. The van der Waals surface area contributed by atoms with Gasteiger partial charge in [0, 0.05) is 0 Å². The van der Waals surface area contributed by atoms with Crippen molar-refractivity contribution in [3.8, 4) is 0 Å². The zero-order valence-corrected chi connectivity index (χ0v) is 6.94. The third-order valence-electron chi connectivity index (χ3n) is 1.47. The van der Waals surface area contributed by atoms with Crippen LogP contribution in [0.3, 0.4) is 0 Å². The Morgan fingerprint density at radius 3 is 2.58 bits per heavy atom. The van der Waals surface area contributed by atoms with E-state index in [0.29, 0.717) is 5.71 Å². The van der Waals surface area contributed by atoms with E-state index in [-0.39, 0.29) is 0 Å². The molecular weight excluding hydrogens is 150 g/mol. The van der Waals surface area contributed by atoms with Crippen LogP contribution >= 0.6 is 0 Å². The molecule has 0 heterocycles. The molecular formula is C10H11NO. The smallest absolute Gasteiger partial charge is 0.0765 e. The lowest BCUT2D eigenvalue weighted by Gasteiger charge is -1.89. The van der Waals surface area contributed by atoms with Crippen LogP contribution < -0.4 is 0 Å². The van der Waals surface area contributed by atoms with Gasteiger partial charge in [-0.05, 0) is 18.6 Å². The van der Waals surface area contributed by atoms with Crippen LogP contribution in [0.5, 0.6) is 0 Å². The van der Waals surface area contributed by atoms with E-state index in [0.717, 1.165) is 5.56 Å². The first-order chi connectivity index (χ1) is 5.83. The van der Waals surface area contributed by atoms with Gasteiger partial charge in [-0.25, -0.2) is 0 Å². The van der Waals surface area contributed by atoms with Gasteiger partial charge in [-0.1, -0.05) is 41.6 Å². The third kappa shape index (κ3) is 2.58. The van der Waals surface area contributed by atoms with Crippen LogP contribution in [-0.4, -0.2) is 10.9 Å². The highest BCUT2D eigenvalue weighted by Crippen LogP contribution is 2.00. The van der Waals surface area contributed by atoms with Crippen LogP contribution in [0.2, 0.25) is 0 Å². The molecule has 0 unspecified atom stereocenters. The molecule has 0 spiro atoms. The number of hydrogen-bond donors (Lipinski definition) is 1. The quantitative estimate of drug-likeness (QED) is 0.403. The average molecular weight is 161 g/mol. The van der Waals surface area contributed by atoms with Crippen molar-refractivity contribution in [2.75, 3.05) is 0 Å². The summed E-state index contributed by atoms with van der Waals surface area (Å²) in [6, 6.07) is 9.86. The molecule has 0 atom stereocenters. The molecule has 0 saturated carbocycles. The molecule has 1 aromatic carbocycles. The van der Waals surface area contributed by atoms with E-state index in [4.69, 9.17) is 5.21 Å². The Morgan fingerprint density at radius 1 is 1.33 bits per heavy atom. The van der Waals surface area contributed by atoms with Crippen LogP contribution in [0.4, 0.5) is 0 Å². The molecule has 2 heteroatoms. The molecule has 0 amide bonds. The Morgan fingerprint density at radius 2 is 2.00 bits per heavy atom. The van der Waals surface area contributed by atoms with Crippen molar-refractivity contribution in [2.24, 2.45) is 5.16 Å². The predicted molar refractivity (Wildman–Crippen MR) is 50.4 cm³/mol. The van der Waals surface area contributed by atoms with Crippen LogP contribution in [0.25, 0.3) is 6.08 Å². The van der Waals surface area contributed by atoms with Gasteiger partial charge in [0.05, 0.1) is 5.71 Å². The Bertz CT molecular complexity index is 288. The first-order valence-corrected chi connectivity index (χ1v) is 3.74. The number of allylic oxidation sites excluding steroid dienone is 1. The van der Waals surface area contributed by atoms with Gasteiger partial charge in [0.1, 0.15) is 0 Å². The summed E-state index contributed by atoms with van der Waals surface area (Å²) >= 11 is 0. The fraction of sp³-hybridized carbons (Fsp3) is 0.100. The van der Waals surface area contributed by atoms with Crippen molar-refractivity contribution in [2.45, 2.75) is 6.92 Å². The maximum absolute atomic E-state index is 8.35.